The Bertz CT molecular complexity index is 519. The first-order valence-electron chi connectivity index (χ1n) is 4.83. The van der Waals surface area contributed by atoms with Gasteiger partial charge in [0.15, 0.2) is 11.6 Å². The maximum atomic E-state index is 13.6. The third kappa shape index (κ3) is 3.10. The predicted octanol–water partition coefficient (Wildman–Crippen LogP) is 2.47. The second kappa shape index (κ2) is 5.37. The second-order valence-corrected chi connectivity index (χ2v) is 4.50. The van der Waals surface area contributed by atoms with Gasteiger partial charge in [0, 0.05) is 22.5 Å². The van der Waals surface area contributed by atoms with Crippen LogP contribution in [0.5, 0.6) is 11.8 Å². The van der Waals surface area contributed by atoms with Crippen molar-refractivity contribution in [1.29, 1.82) is 0 Å². The molecule has 0 radical (unpaired) electrons. The molecule has 88 valence electrons. The van der Waals surface area contributed by atoms with Gasteiger partial charge >= 0.3 is 6.01 Å². The molecule has 0 amide bonds. The average Bonchev–Trinajstić information content (AvgIpc) is 2.34. The van der Waals surface area contributed by atoms with Gasteiger partial charge in [0.05, 0.1) is 0 Å². The molecule has 0 saturated heterocycles. The Hall–Kier alpha value is -1.28. The van der Waals surface area contributed by atoms with Gasteiger partial charge in [0.1, 0.15) is 0 Å². The largest absolute Gasteiger partial charge is 0.421 e. The maximum absolute atomic E-state index is 13.6. The molecule has 0 unspecified atom stereocenters. The minimum Gasteiger partial charge on any atom is -0.421 e. The Morgan fingerprint density at radius 3 is 2.59 bits per heavy atom. The quantitative estimate of drug-likeness (QED) is 0.869. The van der Waals surface area contributed by atoms with E-state index in [2.05, 4.69) is 32.6 Å². The van der Waals surface area contributed by atoms with Crippen LogP contribution in [-0.2, 0) is 6.54 Å². The third-order valence-electron chi connectivity index (χ3n) is 2.03. The summed E-state index contributed by atoms with van der Waals surface area (Å²) in [5, 5.41) is 0. The first-order valence-corrected chi connectivity index (χ1v) is 5.91. The summed E-state index contributed by atoms with van der Waals surface area (Å²) in [4.78, 5) is 7.85. The molecule has 2 aromatic rings. The molecule has 6 heteroatoms. The molecule has 0 aliphatic heterocycles. The number of hydrogen-bond donors (Lipinski definition) is 1. The van der Waals surface area contributed by atoms with E-state index >= 15 is 0 Å². The average molecular weight is 345 g/mol. The fourth-order valence-electron chi connectivity index (χ4n) is 1.21. The molecule has 17 heavy (non-hydrogen) atoms. The van der Waals surface area contributed by atoms with E-state index in [0.717, 1.165) is 3.57 Å². The van der Waals surface area contributed by atoms with E-state index in [1.54, 1.807) is 18.5 Å². The lowest BCUT2D eigenvalue weighted by atomic mass is 10.2. The Balaban J connectivity index is 2.21. The summed E-state index contributed by atoms with van der Waals surface area (Å²) >= 11 is 2.07. The highest BCUT2D eigenvalue weighted by Gasteiger charge is 2.07. The standard InChI is InChI=1S/C11H9FIN3O/c12-9-3-7(4-14)1-2-10(9)17-11-15-5-8(13)6-16-11/h1-3,5-6H,4,14H2. The Morgan fingerprint density at radius 2 is 2.00 bits per heavy atom. The van der Waals surface area contributed by atoms with E-state index in [-0.39, 0.29) is 18.3 Å². The summed E-state index contributed by atoms with van der Waals surface area (Å²) in [5.74, 6) is -0.390. The SMILES string of the molecule is NCc1ccc(Oc2ncc(I)cn2)c(F)c1. The van der Waals surface area contributed by atoms with E-state index in [1.807, 2.05) is 0 Å². The number of ether oxygens (including phenoxy) is 1. The molecular weight excluding hydrogens is 336 g/mol. The van der Waals surface area contributed by atoms with Crippen LogP contribution in [-0.4, -0.2) is 9.97 Å². The predicted molar refractivity (Wildman–Crippen MR) is 69.1 cm³/mol. The molecule has 4 nitrogen and oxygen atoms in total. The monoisotopic (exact) mass is 345 g/mol. The molecule has 0 bridgehead atoms. The highest BCUT2D eigenvalue weighted by atomic mass is 127. The number of nitrogens with two attached hydrogens (primary N) is 1. The van der Waals surface area contributed by atoms with Crippen molar-refractivity contribution in [3.05, 3.63) is 45.5 Å². The summed E-state index contributed by atoms with van der Waals surface area (Å²) in [7, 11) is 0. The zero-order chi connectivity index (χ0) is 12.3. The number of benzene rings is 1. The summed E-state index contributed by atoms with van der Waals surface area (Å²) in [6, 6.07) is 4.66. The molecule has 0 aliphatic carbocycles. The van der Waals surface area contributed by atoms with E-state index in [0.29, 0.717) is 5.56 Å². The van der Waals surface area contributed by atoms with Gasteiger partial charge in [-0.2, -0.15) is 0 Å². The van der Waals surface area contributed by atoms with Gasteiger partial charge in [0.2, 0.25) is 0 Å². The van der Waals surface area contributed by atoms with Crippen LogP contribution in [0.4, 0.5) is 4.39 Å². The fraction of sp³-hybridized carbons (Fsp3) is 0.0909. The van der Waals surface area contributed by atoms with Crippen LogP contribution in [0.1, 0.15) is 5.56 Å². The summed E-state index contributed by atoms with van der Waals surface area (Å²) < 4.78 is 19.7. The van der Waals surface area contributed by atoms with Crippen molar-refractivity contribution in [1.82, 2.24) is 9.97 Å². The normalized spacial score (nSPS) is 10.3. The van der Waals surface area contributed by atoms with Crippen LogP contribution in [0.25, 0.3) is 0 Å². The minimum atomic E-state index is -0.477. The molecule has 1 aromatic heterocycles. The Labute approximate surface area is 111 Å². The Morgan fingerprint density at radius 1 is 1.29 bits per heavy atom. The minimum absolute atomic E-state index is 0.0865. The molecule has 0 saturated carbocycles. The van der Waals surface area contributed by atoms with E-state index in [4.69, 9.17) is 10.5 Å². The van der Waals surface area contributed by atoms with Gasteiger partial charge < -0.3 is 10.5 Å². The van der Waals surface area contributed by atoms with Crippen molar-refractivity contribution >= 4 is 22.6 Å². The molecule has 1 aromatic carbocycles. The molecule has 0 fully saturated rings. The number of nitrogens with zero attached hydrogens (tertiary/aromatic N) is 2. The molecule has 2 rings (SSSR count). The van der Waals surface area contributed by atoms with Crippen molar-refractivity contribution in [2.45, 2.75) is 6.54 Å². The fourth-order valence-corrected chi connectivity index (χ4v) is 1.48. The lowest BCUT2D eigenvalue weighted by Gasteiger charge is -2.05. The lowest BCUT2D eigenvalue weighted by Crippen LogP contribution is -1.98. The number of hydrogen-bond acceptors (Lipinski definition) is 4. The van der Waals surface area contributed by atoms with Crippen molar-refractivity contribution < 1.29 is 9.13 Å². The van der Waals surface area contributed by atoms with Crippen molar-refractivity contribution in [2.75, 3.05) is 0 Å². The highest BCUT2D eigenvalue weighted by molar-refractivity contribution is 14.1. The maximum Gasteiger partial charge on any atom is 0.322 e. The van der Waals surface area contributed by atoms with Gasteiger partial charge in [-0.25, -0.2) is 14.4 Å². The van der Waals surface area contributed by atoms with Gasteiger partial charge in [-0.1, -0.05) is 6.07 Å². The molecule has 2 N–H and O–H groups in total. The highest BCUT2D eigenvalue weighted by Crippen LogP contribution is 2.22. The second-order valence-electron chi connectivity index (χ2n) is 3.25. The third-order valence-corrected chi connectivity index (χ3v) is 2.59. The number of aromatic nitrogens is 2. The zero-order valence-electron chi connectivity index (χ0n) is 8.73. The lowest BCUT2D eigenvalue weighted by molar-refractivity contribution is 0.410. The molecule has 0 aliphatic rings. The van der Waals surface area contributed by atoms with Crippen molar-refractivity contribution in [3.63, 3.8) is 0 Å². The van der Waals surface area contributed by atoms with Gasteiger partial charge in [-0.3, -0.25) is 0 Å². The van der Waals surface area contributed by atoms with E-state index < -0.39 is 5.82 Å². The van der Waals surface area contributed by atoms with Crippen LogP contribution in [0, 0.1) is 9.39 Å². The van der Waals surface area contributed by atoms with Crippen LogP contribution in [0.2, 0.25) is 0 Å². The van der Waals surface area contributed by atoms with Gasteiger partial charge in [-0.05, 0) is 40.3 Å². The van der Waals surface area contributed by atoms with Crippen molar-refractivity contribution in [2.24, 2.45) is 5.73 Å². The Kier molecular flexibility index (Phi) is 3.85. The molecule has 1 heterocycles. The topological polar surface area (TPSA) is 61.0 Å². The van der Waals surface area contributed by atoms with Gasteiger partial charge in [0.25, 0.3) is 0 Å². The van der Waals surface area contributed by atoms with E-state index in [9.17, 15) is 4.39 Å². The summed E-state index contributed by atoms with van der Waals surface area (Å²) in [6.45, 7) is 0.289. The van der Waals surface area contributed by atoms with Crippen LogP contribution in [0.15, 0.2) is 30.6 Å². The first kappa shape index (κ1) is 12.2. The number of halogens is 2. The molecule has 0 spiro atoms. The first-order chi connectivity index (χ1) is 8.19. The smallest absolute Gasteiger partial charge is 0.322 e. The number of rotatable bonds is 3. The van der Waals surface area contributed by atoms with Gasteiger partial charge in [-0.15, -0.1) is 0 Å². The van der Waals surface area contributed by atoms with E-state index in [1.165, 1.54) is 12.1 Å². The zero-order valence-corrected chi connectivity index (χ0v) is 10.9. The van der Waals surface area contributed by atoms with Crippen molar-refractivity contribution in [3.8, 4) is 11.8 Å². The molecular formula is C11H9FIN3O. The summed E-state index contributed by atoms with van der Waals surface area (Å²) in [5.41, 5.74) is 6.11. The molecule has 0 atom stereocenters. The van der Waals surface area contributed by atoms with Crippen LogP contribution in [0.3, 0.4) is 0 Å². The van der Waals surface area contributed by atoms with Crippen LogP contribution < -0.4 is 10.5 Å². The van der Waals surface area contributed by atoms with Crippen LogP contribution >= 0.6 is 22.6 Å². The summed E-state index contributed by atoms with van der Waals surface area (Å²) in [6.07, 6.45) is 3.18.